The third-order valence-corrected chi connectivity index (χ3v) is 18.5. The van der Waals surface area contributed by atoms with E-state index in [9.17, 15) is 14.7 Å². The number of ether oxygens (including phenoxy) is 4. The second-order valence-corrected chi connectivity index (χ2v) is 21.1. The average molecular weight is 711 g/mol. The van der Waals surface area contributed by atoms with E-state index in [1.54, 1.807) is 0 Å². The molecule has 0 aromatic heterocycles. The molecule has 0 aromatic carbocycles. The number of carbonyl (C=O) groups excluding carboxylic acids is 2. The molecule has 14 atom stereocenters. The Bertz CT molecular complexity index is 1060. The van der Waals surface area contributed by atoms with E-state index in [1.165, 1.54) is 7.11 Å². The minimum Gasteiger partial charge on any atom is -0.469 e. The summed E-state index contributed by atoms with van der Waals surface area (Å²) in [7, 11) is -0.434. The second-order valence-electron chi connectivity index (χ2n) is 16.4. The fourth-order valence-corrected chi connectivity index (χ4v) is 13.2. The van der Waals surface area contributed by atoms with Crippen LogP contribution in [0.2, 0.25) is 18.1 Å². The first-order chi connectivity index (χ1) is 23.1. The van der Waals surface area contributed by atoms with Gasteiger partial charge in [-0.05, 0) is 87.8 Å². The number of aliphatic hydroxyl groups excluding tert-OH is 1. The van der Waals surface area contributed by atoms with Gasteiger partial charge in [-0.2, -0.15) is 0 Å². The Hall–Kier alpha value is -0.843. The number of hydrogen-bond acceptors (Lipinski definition) is 8. The van der Waals surface area contributed by atoms with Gasteiger partial charge >= 0.3 is 5.97 Å². The number of esters is 1. The fourth-order valence-electron chi connectivity index (χ4n) is 9.94. The van der Waals surface area contributed by atoms with Gasteiger partial charge in [0.05, 0.1) is 61.4 Å². The molecule has 0 amide bonds. The summed E-state index contributed by atoms with van der Waals surface area (Å²) in [6.45, 7) is 25.9. The van der Waals surface area contributed by atoms with Gasteiger partial charge in [0.25, 0.3) is 0 Å². The Morgan fingerprint density at radius 1 is 0.898 bits per heavy atom. The fraction of sp³-hybridized carbons (Fsp3) is 0.950. The molecule has 3 aliphatic rings. The highest BCUT2D eigenvalue weighted by molar-refractivity contribution is 6.73. The maximum absolute atomic E-state index is 14.3. The smallest absolute Gasteiger partial charge is 0.308 e. The molecule has 0 saturated carbocycles. The van der Waals surface area contributed by atoms with Crippen LogP contribution in [-0.4, -0.2) is 80.1 Å². The van der Waals surface area contributed by atoms with Crippen LogP contribution < -0.4 is 0 Å². The number of carbonyl (C=O) groups is 2. The number of methoxy groups -OCH3 is 1. The Labute approximate surface area is 300 Å². The molecule has 0 radical (unpaired) electrons. The van der Waals surface area contributed by atoms with Crippen molar-refractivity contribution in [2.24, 2.45) is 35.5 Å². The Morgan fingerprint density at radius 2 is 1.53 bits per heavy atom. The van der Waals surface area contributed by atoms with Crippen LogP contribution in [0.1, 0.15) is 134 Å². The molecule has 3 saturated heterocycles. The summed E-state index contributed by atoms with van der Waals surface area (Å²) in [6.07, 6.45) is 4.51. The van der Waals surface area contributed by atoms with Crippen molar-refractivity contribution < 1.29 is 38.1 Å². The van der Waals surface area contributed by atoms with E-state index in [0.29, 0.717) is 6.42 Å². The largest absolute Gasteiger partial charge is 0.469 e. The molecule has 0 bridgehead atoms. The van der Waals surface area contributed by atoms with Crippen molar-refractivity contribution in [1.82, 2.24) is 0 Å². The zero-order chi connectivity index (χ0) is 36.9. The van der Waals surface area contributed by atoms with Gasteiger partial charge in [0.2, 0.25) is 0 Å². The molecule has 8 nitrogen and oxygen atoms in total. The van der Waals surface area contributed by atoms with E-state index in [2.05, 4.69) is 69.2 Å². The second kappa shape index (κ2) is 17.8. The van der Waals surface area contributed by atoms with Crippen molar-refractivity contribution in [2.75, 3.05) is 7.11 Å². The lowest BCUT2D eigenvalue weighted by molar-refractivity contribution is -0.225. The highest BCUT2D eigenvalue weighted by Crippen LogP contribution is 2.50. The normalized spacial score (nSPS) is 38.1. The van der Waals surface area contributed by atoms with E-state index in [1.807, 2.05) is 13.8 Å². The zero-order valence-corrected chi connectivity index (χ0v) is 34.5. The lowest BCUT2D eigenvalue weighted by Gasteiger charge is -2.52. The monoisotopic (exact) mass is 711 g/mol. The van der Waals surface area contributed by atoms with Gasteiger partial charge < -0.3 is 28.5 Å². The SMILES string of the molecule is CC[C@@H](C(=O)[C@H](C)[C@H](O)[C@@H](C)[C@H]1O[C@H](CC(=O)OC)[C@H](C)C[C@H]1C)[C@H]1O[C@](CC)([C@H]2CC[C@@](CC)(O[Si](CC)(CC)CC)[C@H](C)O2)C[C@@H]1C. The molecule has 3 aliphatic heterocycles. The van der Waals surface area contributed by atoms with Crippen molar-refractivity contribution in [3.05, 3.63) is 0 Å². The maximum Gasteiger partial charge on any atom is 0.308 e. The van der Waals surface area contributed by atoms with Gasteiger partial charge in [0, 0.05) is 17.8 Å². The van der Waals surface area contributed by atoms with Crippen molar-refractivity contribution in [3.8, 4) is 0 Å². The summed E-state index contributed by atoms with van der Waals surface area (Å²) in [4.78, 5) is 26.4. The van der Waals surface area contributed by atoms with Crippen LogP contribution in [0.25, 0.3) is 0 Å². The summed E-state index contributed by atoms with van der Waals surface area (Å²) in [5.41, 5.74) is -0.711. The highest BCUT2D eigenvalue weighted by Gasteiger charge is 2.57. The van der Waals surface area contributed by atoms with Crippen molar-refractivity contribution >= 4 is 20.1 Å². The number of ketones is 1. The van der Waals surface area contributed by atoms with Crippen LogP contribution in [0.5, 0.6) is 0 Å². The van der Waals surface area contributed by atoms with E-state index in [-0.39, 0.29) is 83.9 Å². The molecule has 0 unspecified atom stereocenters. The number of aliphatic hydroxyl groups is 1. The number of rotatable bonds is 17. The van der Waals surface area contributed by atoms with Crippen LogP contribution in [0.4, 0.5) is 0 Å². The van der Waals surface area contributed by atoms with Gasteiger partial charge in [0.1, 0.15) is 5.78 Å². The Kier molecular flexibility index (Phi) is 15.5. The van der Waals surface area contributed by atoms with Crippen LogP contribution in [0.15, 0.2) is 0 Å². The molecule has 9 heteroatoms. The van der Waals surface area contributed by atoms with Gasteiger partial charge in [-0.25, -0.2) is 0 Å². The highest BCUT2D eigenvalue weighted by atomic mass is 28.4. The molecule has 1 N–H and O–H groups in total. The van der Waals surface area contributed by atoms with Crippen molar-refractivity contribution in [2.45, 2.75) is 200 Å². The third kappa shape index (κ3) is 8.86. The lowest BCUT2D eigenvalue weighted by Crippen LogP contribution is -2.60. The first kappa shape index (κ1) is 42.6. The summed E-state index contributed by atoms with van der Waals surface area (Å²) in [5, 5.41) is 11.7. The van der Waals surface area contributed by atoms with E-state index in [0.717, 1.165) is 56.7 Å². The molecule has 3 fully saturated rings. The van der Waals surface area contributed by atoms with Gasteiger partial charge in [-0.3, -0.25) is 9.59 Å². The molecule has 0 spiro atoms. The minimum atomic E-state index is -1.83. The Morgan fingerprint density at radius 3 is 2.04 bits per heavy atom. The predicted molar refractivity (Wildman–Crippen MR) is 198 cm³/mol. The quantitative estimate of drug-likeness (QED) is 0.119. The molecule has 49 heavy (non-hydrogen) atoms. The van der Waals surface area contributed by atoms with Crippen LogP contribution >= 0.6 is 0 Å². The van der Waals surface area contributed by atoms with Gasteiger partial charge in [-0.15, -0.1) is 0 Å². The third-order valence-electron chi connectivity index (χ3n) is 13.8. The molecule has 286 valence electrons. The molecular formula is C40H74O8Si. The van der Waals surface area contributed by atoms with E-state index in [4.69, 9.17) is 23.4 Å². The summed E-state index contributed by atoms with van der Waals surface area (Å²) < 4.78 is 32.7. The average Bonchev–Trinajstić information content (AvgIpc) is 3.45. The van der Waals surface area contributed by atoms with Crippen molar-refractivity contribution in [1.29, 1.82) is 0 Å². The minimum absolute atomic E-state index is 0.0333. The first-order valence-electron chi connectivity index (χ1n) is 20.0. The molecular weight excluding hydrogens is 637 g/mol. The standard InChI is InChI=1S/C40H74O8Si/c1-14-31(36(43)28(10)35(42)29(11)37-26(8)22-25(7)32(46-37)23-34(41)44-13)38-27(9)24-40(16-3,47-38)33-20-21-39(15-2,30(12)45-33)48-49(17-4,18-5)19-6/h25-33,35,37-38,42H,14-24H2,1-13H3/t25-,26-,27+,28-,29-,30+,31+,32-,33-,35+,37+,38+,39-,40+/m1/s1. The number of hydrogen-bond donors (Lipinski definition) is 1. The van der Waals surface area contributed by atoms with Crippen LogP contribution in [-0.2, 0) is 33.0 Å². The number of Topliss-reactive ketones (excluding diaryl/α,β-unsaturated/α-hetero) is 1. The molecule has 0 aliphatic carbocycles. The van der Waals surface area contributed by atoms with Crippen LogP contribution in [0, 0.1) is 35.5 Å². The zero-order valence-electron chi connectivity index (χ0n) is 33.5. The molecule has 0 aromatic rings. The molecule has 3 heterocycles. The van der Waals surface area contributed by atoms with Gasteiger partial charge in [0.15, 0.2) is 8.32 Å². The topological polar surface area (TPSA) is 101 Å². The summed E-state index contributed by atoms with van der Waals surface area (Å²) in [5.74, 6) is -0.808. The lowest BCUT2D eigenvalue weighted by atomic mass is 9.74. The summed E-state index contributed by atoms with van der Waals surface area (Å²) >= 11 is 0. The summed E-state index contributed by atoms with van der Waals surface area (Å²) in [6, 6.07) is 3.37. The Balaban J connectivity index is 1.74. The van der Waals surface area contributed by atoms with E-state index >= 15 is 0 Å². The van der Waals surface area contributed by atoms with Crippen molar-refractivity contribution in [3.63, 3.8) is 0 Å². The van der Waals surface area contributed by atoms with Crippen LogP contribution in [0.3, 0.4) is 0 Å². The van der Waals surface area contributed by atoms with E-state index < -0.39 is 25.9 Å². The van der Waals surface area contributed by atoms with Gasteiger partial charge in [-0.1, -0.05) is 76.2 Å². The molecule has 3 rings (SSSR count). The first-order valence-corrected chi connectivity index (χ1v) is 22.6. The maximum atomic E-state index is 14.3. The predicted octanol–water partition coefficient (Wildman–Crippen LogP) is 8.52.